The van der Waals surface area contributed by atoms with Crippen LogP contribution in [0.3, 0.4) is 0 Å². The van der Waals surface area contributed by atoms with Gasteiger partial charge < -0.3 is 20.1 Å². The summed E-state index contributed by atoms with van der Waals surface area (Å²) in [5.74, 6) is 1.70. The summed E-state index contributed by atoms with van der Waals surface area (Å²) in [6.07, 6.45) is -1.29. The Bertz CT molecular complexity index is 891. The lowest BCUT2D eigenvalue weighted by Gasteiger charge is -2.20. The predicted molar refractivity (Wildman–Crippen MR) is 132 cm³/mol. The molecule has 0 spiro atoms. The maximum absolute atomic E-state index is 12.5. The topological polar surface area (TPSA) is 76.7 Å². The van der Waals surface area contributed by atoms with Gasteiger partial charge in [0, 0.05) is 12.6 Å². The third-order valence-electron chi connectivity index (χ3n) is 5.43. The minimum absolute atomic E-state index is 0.237. The van der Waals surface area contributed by atoms with Crippen molar-refractivity contribution in [1.29, 1.82) is 0 Å². The molecule has 0 aliphatic heterocycles. The predicted octanol–water partition coefficient (Wildman–Crippen LogP) is 4.79. The molecular formula is C27H38N2O4. The lowest BCUT2D eigenvalue weighted by atomic mass is 10.0. The van der Waals surface area contributed by atoms with Crippen LogP contribution in [0, 0.1) is 0 Å². The molecule has 0 fully saturated rings. The van der Waals surface area contributed by atoms with Crippen LogP contribution in [-0.2, 0) is 9.59 Å². The van der Waals surface area contributed by atoms with E-state index < -0.39 is 12.2 Å². The molecule has 0 heterocycles. The molecule has 0 saturated carbocycles. The number of hydrogen-bond donors (Lipinski definition) is 2. The number of carbonyl (C=O) groups is 2. The summed E-state index contributed by atoms with van der Waals surface area (Å²) >= 11 is 0. The van der Waals surface area contributed by atoms with E-state index in [1.54, 1.807) is 13.8 Å². The average Bonchev–Trinajstić information content (AvgIpc) is 2.78. The smallest absolute Gasteiger partial charge is 0.261 e. The van der Waals surface area contributed by atoms with Gasteiger partial charge in [0.1, 0.15) is 11.5 Å². The van der Waals surface area contributed by atoms with Crippen LogP contribution in [0.2, 0.25) is 0 Å². The van der Waals surface area contributed by atoms with E-state index in [2.05, 4.69) is 38.3 Å². The van der Waals surface area contributed by atoms with Crippen LogP contribution >= 0.6 is 0 Å². The Kier molecular flexibility index (Phi) is 9.76. The van der Waals surface area contributed by atoms with E-state index in [1.165, 1.54) is 11.1 Å². The zero-order chi connectivity index (χ0) is 24.5. The summed E-state index contributed by atoms with van der Waals surface area (Å²) in [6, 6.07) is 15.3. The Hall–Kier alpha value is -3.02. The van der Waals surface area contributed by atoms with Gasteiger partial charge in [0.25, 0.3) is 11.8 Å². The molecule has 180 valence electrons. The second-order valence-corrected chi connectivity index (χ2v) is 9.12. The van der Waals surface area contributed by atoms with E-state index >= 15 is 0 Å². The number of benzene rings is 2. The van der Waals surface area contributed by atoms with Crippen molar-refractivity contribution in [2.24, 2.45) is 0 Å². The SMILES string of the molecule is CC(CNC(=O)C(C)Oc1ccc(C(C)C)cc1)NC(=O)C(C)Oc1ccc(C(C)C)cc1. The van der Waals surface area contributed by atoms with Crippen molar-refractivity contribution in [3.8, 4) is 11.5 Å². The fourth-order valence-corrected chi connectivity index (χ4v) is 3.19. The van der Waals surface area contributed by atoms with Gasteiger partial charge in [-0.1, -0.05) is 52.0 Å². The van der Waals surface area contributed by atoms with E-state index in [0.29, 0.717) is 29.9 Å². The molecule has 2 aromatic rings. The van der Waals surface area contributed by atoms with Crippen molar-refractivity contribution < 1.29 is 19.1 Å². The third kappa shape index (κ3) is 8.44. The first-order chi connectivity index (χ1) is 15.6. The summed E-state index contributed by atoms with van der Waals surface area (Å²) in [7, 11) is 0. The summed E-state index contributed by atoms with van der Waals surface area (Å²) < 4.78 is 11.5. The van der Waals surface area contributed by atoms with E-state index in [0.717, 1.165) is 0 Å². The average molecular weight is 455 g/mol. The minimum Gasteiger partial charge on any atom is -0.481 e. The molecule has 0 saturated heterocycles. The van der Waals surface area contributed by atoms with Gasteiger partial charge in [-0.25, -0.2) is 0 Å². The van der Waals surface area contributed by atoms with Crippen molar-refractivity contribution >= 4 is 11.8 Å². The third-order valence-corrected chi connectivity index (χ3v) is 5.43. The van der Waals surface area contributed by atoms with E-state index in [-0.39, 0.29) is 17.9 Å². The molecule has 0 radical (unpaired) electrons. The van der Waals surface area contributed by atoms with E-state index in [9.17, 15) is 9.59 Å². The Morgan fingerprint density at radius 2 is 1.06 bits per heavy atom. The Labute approximate surface area is 198 Å². The van der Waals surface area contributed by atoms with E-state index in [4.69, 9.17) is 9.47 Å². The standard InChI is InChI=1S/C27H38N2O4/c1-17(2)22-8-12-24(13-9-22)32-20(6)26(30)28-16-19(5)29-27(31)21(7)33-25-14-10-23(11-15-25)18(3)4/h8-15,17-21H,16H2,1-7H3,(H,28,30)(H,29,31). The summed E-state index contributed by atoms with van der Waals surface area (Å²) in [6.45, 7) is 14.0. The molecule has 3 atom stereocenters. The van der Waals surface area contributed by atoms with Gasteiger partial charge in [-0.15, -0.1) is 0 Å². The van der Waals surface area contributed by atoms with Crippen LogP contribution in [0.5, 0.6) is 11.5 Å². The number of rotatable bonds is 11. The van der Waals surface area contributed by atoms with Crippen LogP contribution in [0.1, 0.15) is 71.4 Å². The highest BCUT2D eigenvalue weighted by molar-refractivity contribution is 5.82. The maximum atomic E-state index is 12.5. The zero-order valence-corrected chi connectivity index (χ0v) is 20.8. The van der Waals surface area contributed by atoms with Crippen molar-refractivity contribution in [1.82, 2.24) is 10.6 Å². The summed E-state index contributed by atoms with van der Waals surface area (Å²) in [5.41, 5.74) is 2.43. The fraction of sp³-hybridized carbons (Fsp3) is 0.481. The molecule has 0 aliphatic carbocycles. The van der Waals surface area contributed by atoms with Gasteiger partial charge in [0.15, 0.2) is 12.2 Å². The minimum atomic E-state index is -0.649. The first-order valence-electron chi connectivity index (χ1n) is 11.7. The van der Waals surface area contributed by atoms with Crippen molar-refractivity contribution in [3.63, 3.8) is 0 Å². The molecule has 6 nitrogen and oxygen atoms in total. The Morgan fingerprint density at radius 3 is 1.45 bits per heavy atom. The van der Waals surface area contributed by atoms with Crippen LogP contribution in [0.4, 0.5) is 0 Å². The van der Waals surface area contributed by atoms with Gasteiger partial charge in [0.2, 0.25) is 0 Å². The number of carbonyl (C=O) groups excluding carboxylic acids is 2. The van der Waals surface area contributed by atoms with Crippen LogP contribution < -0.4 is 20.1 Å². The molecule has 0 bridgehead atoms. The van der Waals surface area contributed by atoms with Crippen molar-refractivity contribution in [2.45, 2.75) is 78.6 Å². The molecule has 6 heteroatoms. The molecule has 33 heavy (non-hydrogen) atoms. The van der Waals surface area contributed by atoms with Gasteiger partial charge in [-0.2, -0.15) is 0 Å². The number of hydrogen-bond acceptors (Lipinski definition) is 4. The molecular weight excluding hydrogens is 416 g/mol. The maximum Gasteiger partial charge on any atom is 0.261 e. The Morgan fingerprint density at radius 1 is 0.667 bits per heavy atom. The van der Waals surface area contributed by atoms with E-state index in [1.807, 2.05) is 55.5 Å². The molecule has 0 aromatic heterocycles. The molecule has 3 unspecified atom stereocenters. The van der Waals surface area contributed by atoms with Crippen LogP contribution in [0.15, 0.2) is 48.5 Å². The Balaban J connectivity index is 1.75. The number of amides is 2. The lowest BCUT2D eigenvalue weighted by Crippen LogP contribution is -2.48. The first-order valence-corrected chi connectivity index (χ1v) is 11.7. The molecule has 2 amide bonds. The molecule has 2 N–H and O–H groups in total. The largest absolute Gasteiger partial charge is 0.481 e. The van der Waals surface area contributed by atoms with Crippen molar-refractivity contribution in [2.75, 3.05) is 6.54 Å². The van der Waals surface area contributed by atoms with Gasteiger partial charge in [0.05, 0.1) is 0 Å². The first kappa shape index (κ1) is 26.2. The van der Waals surface area contributed by atoms with Crippen LogP contribution in [0.25, 0.3) is 0 Å². The summed E-state index contributed by atoms with van der Waals surface area (Å²) in [4.78, 5) is 24.8. The summed E-state index contributed by atoms with van der Waals surface area (Å²) in [5, 5.41) is 5.69. The second kappa shape index (κ2) is 12.3. The van der Waals surface area contributed by atoms with Gasteiger partial charge >= 0.3 is 0 Å². The highest BCUT2D eigenvalue weighted by Crippen LogP contribution is 2.20. The number of ether oxygens (including phenoxy) is 2. The highest BCUT2D eigenvalue weighted by atomic mass is 16.5. The normalized spacial score (nSPS) is 13.8. The van der Waals surface area contributed by atoms with Gasteiger partial charge in [-0.05, 0) is 68.0 Å². The van der Waals surface area contributed by atoms with Crippen LogP contribution in [-0.4, -0.2) is 36.6 Å². The van der Waals surface area contributed by atoms with Gasteiger partial charge in [-0.3, -0.25) is 9.59 Å². The quantitative estimate of drug-likeness (QED) is 0.512. The lowest BCUT2D eigenvalue weighted by molar-refractivity contribution is -0.129. The highest BCUT2D eigenvalue weighted by Gasteiger charge is 2.19. The molecule has 2 rings (SSSR count). The second-order valence-electron chi connectivity index (χ2n) is 9.12. The molecule has 2 aromatic carbocycles. The van der Waals surface area contributed by atoms with Crippen molar-refractivity contribution in [3.05, 3.63) is 59.7 Å². The fourth-order valence-electron chi connectivity index (χ4n) is 3.19. The molecule has 0 aliphatic rings. The monoisotopic (exact) mass is 454 g/mol. The number of nitrogens with one attached hydrogen (secondary N) is 2. The zero-order valence-electron chi connectivity index (χ0n) is 20.8.